The van der Waals surface area contributed by atoms with Gasteiger partial charge in [-0.05, 0) is 26.8 Å². The van der Waals surface area contributed by atoms with E-state index in [1.165, 1.54) is 23.4 Å². The zero-order valence-electron chi connectivity index (χ0n) is 16.3. The average Bonchev–Trinajstić information content (AvgIpc) is 3.04. The van der Waals surface area contributed by atoms with Gasteiger partial charge in [0.15, 0.2) is 5.65 Å². The summed E-state index contributed by atoms with van der Waals surface area (Å²) in [6, 6.07) is 1.00. The van der Waals surface area contributed by atoms with Gasteiger partial charge in [-0.2, -0.15) is 23.4 Å². The maximum Gasteiger partial charge on any atom is 0.417 e. The summed E-state index contributed by atoms with van der Waals surface area (Å²) in [6.07, 6.45) is -2.70. The number of hydrogen-bond acceptors (Lipinski definition) is 4. The molecule has 0 saturated heterocycles. The summed E-state index contributed by atoms with van der Waals surface area (Å²) in [5, 5.41) is 8.31. The number of pyridine rings is 1. The van der Waals surface area contributed by atoms with Crippen LogP contribution in [0.5, 0.6) is 0 Å². The lowest BCUT2D eigenvalue weighted by molar-refractivity contribution is -0.136. The molecule has 0 bridgehead atoms. The molecule has 0 N–H and O–H groups in total. The molecular weight excluding hydrogens is 373 g/mol. The van der Waals surface area contributed by atoms with Gasteiger partial charge in [0, 0.05) is 38.1 Å². The van der Waals surface area contributed by atoms with Crippen LogP contribution in [-0.4, -0.2) is 42.4 Å². The van der Waals surface area contributed by atoms with E-state index in [0.29, 0.717) is 6.54 Å². The number of rotatable bonds is 4. The molecule has 3 rings (SSSR count). The molecular formula is C18H21F3N6O. The third-order valence-corrected chi connectivity index (χ3v) is 4.54. The number of halogens is 3. The van der Waals surface area contributed by atoms with E-state index in [4.69, 9.17) is 0 Å². The number of carbonyl (C=O) groups is 1. The Morgan fingerprint density at radius 3 is 2.43 bits per heavy atom. The monoisotopic (exact) mass is 394 g/mol. The second kappa shape index (κ2) is 6.92. The van der Waals surface area contributed by atoms with Crippen molar-refractivity contribution in [2.45, 2.75) is 40.0 Å². The van der Waals surface area contributed by atoms with Crippen molar-refractivity contribution in [2.75, 3.05) is 7.05 Å². The molecule has 0 saturated carbocycles. The summed E-state index contributed by atoms with van der Waals surface area (Å²) < 4.78 is 43.1. The zero-order valence-corrected chi connectivity index (χ0v) is 16.3. The van der Waals surface area contributed by atoms with Crippen LogP contribution in [0.1, 0.15) is 28.2 Å². The van der Waals surface area contributed by atoms with Crippen LogP contribution in [0, 0.1) is 20.8 Å². The molecule has 3 aromatic rings. The lowest BCUT2D eigenvalue weighted by atomic mass is 10.1. The average molecular weight is 394 g/mol. The molecule has 0 atom stereocenters. The summed E-state index contributed by atoms with van der Waals surface area (Å²) in [6.45, 7) is 4.97. The maximum atomic E-state index is 13.4. The minimum absolute atomic E-state index is 0.0594. The molecule has 0 unspecified atom stereocenters. The topological polar surface area (TPSA) is 68.8 Å². The molecule has 0 aliphatic rings. The van der Waals surface area contributed by atoms with Gasteiger partial charge in [0.05, 0.1) is 22.3 Å². The van der Waals surface area contributed by atoms with Crippen molar-refractivity contribution in [1.82, 2.24) is 29.4 Å². The summed E-state index contributed by atoms with van der Waals surface area (Å²) in [5.74, 6) is -0.287. The van der Waals surface area contributed by atoms with Gasteiger partial charge in [0.25, 0.3) is 0 Å². The smallest absolute Gasteiger partial charge is 0.340 e. The largest absolute Gasteiger partial charge is 0.417 e. The van der Waals surface area contributed by atoms with Gasteiger partial charge in [-0.25, -0.2) is 9.67 Å². The van der Waals surface area contributed by atoms with Gasteiger partial charge in [-0.3, -0.25) is 9.48 Å². The molecule has 0 spiro atoms. The highest BCUT2D eigenvalue weighted by atomic mass is 19.4. The predicted molar refractivity (Wildman–Crippen MR) is 96.4 cm³/mol. The standard InChI is InChI=1S/C18H21F3N6O/c1-10-6-14(18(19,20)21)16-12(3)24-27(17(16)22-10)9-15(28)25(4)7-13-8-26(5)23-11(13)2/h6,8H,7,9H2,1-5H3. The van der Waals surface area contributed by atoms with Crippen LogP contribution < -0.4 is 0 Å². The van der Waals surface area contributed by atoms with Gasteiger partial charge < -0.3 is 4.90 Å². The SMILES string of the molecule is Cc1cc(C(F)(F)F)c2c(C)nn(CC(=O)N(C)Cc3cn(C)nc3C)c2n1. The highest BCUT2D eigenvalue weighted by molar-refractivity contribution is 5.85. The number of hydrogen-bond donors (Lipinski definition) is 0. The molecule has 0 aromatic carbocycles. The fourth-order valence-corrected chi connectivity index (χ4v) is 3.21. The van der Waals surface area contributed by atoms with Crippen molar-refractivity contribution in [3.05, 3.63) is 40.5 Å². The Morgan fingerprint density at radius 1 is 1.18 bits per heavy atom. The van der Waals surface area contributed by atoms with Crippen molar-refractivity contribution in [3.63, 3.8) is 0 Å². The van der Waals surface area contributed by atoms with Crippen LogP contribution >= 0.6 is 0 Å². The van der Waals surface area contributed by atoms with Gasteiger partial charge in [-0.1, -0.05) is 0 Å². The van der Waals surface area contributed by atoms with Crippen molar-refractivity contribution < 1.29 is 18.0 Å². The van der Waals surface area contributed by atoms with Crippen molar-refractivity contribution in [2.24, 2.45) is 7.05 Å². The number of fused-ring (bicyclic) bond motifs is 1. The molecule has 0 aliphatic carbocycles. The summed E-state index contributed by atoms with van der Waals surface area (Å²) in [5.41, 5.74) is 1.39. The minimum Gasteiger partial charge on any atom is -0.340 e. The van der Waals surface area contributed by atoms with E-state index in [2.05, 4.69) is 15.2 Å². The summed E-state index contributed by atoms with van der Waals surface area (Å²) in [4.78, 5) is 18.3. The lowest BCUT2D eigenvalue weighted by Crippen LogP contribution is -2.30. The number of aromatic nitrogens is 5. The van der Waals surface area contributed by atoms with E-state index < -0.39 is 11.7 Å². The Kier molecular flexibility index (Phi) is 4.90. The Balaban J connectivity index is 1.91. The van der Waals surface area contributed by atoms with Crippen molar-refractivity contribution >= 4 is 16.9 Å². The van der Waals surface area contributed by atoms with E-state index >= 15 is 0 Å². The summed E-state index contributed by atoms with van der Waals surface area (Å²) >= 11 is 0. The number of likely N-dealkylation sites (N-methyl/N-ethyl adjacent to an activating group) is 1. The van der Waals surface area contributed by atoms with E-state index in [0.717, 1.165) is 17.3 Å². The first-order valence-corrected chi connectivity index (χ1v) is 8.62. The first-order valence-electron chi connectivity index (χ1n) is 8.62. The number of nitrogens with zero attached hydrogens (tertiary/aromatic N) is 6. The molecule has 10 heteroatoms. The molecule has 150 valence electrons. The van der Waals surface area contributed by atoms with Crippen LogP contribution in [0.3, 0.4) is 0 Å². The van der Waals surface area contributed by atoms with Gasteiger partial charge >= 0.3 is 6.18 Å². The Labute approximate surface area is 159 Å². The second-order valence-electron chi connectivity index (χ2n) is 6.91. The van der Waals surface area contributed by atoms with Crippen LogP contribution in [0.15, 0.2) is 12.3 Å². The van der Waals surface area contributed by atoms with Crippen molar-refractivity contribution in [3.8, 4) is 0 Å². The lowest BCUT2D eigenvalue weighted by Gasteiger charge is -2.17. The third-order valence-electron chi connectivity index (χ3n) is 4.54. The summed E-state index contributed by atoms with van der Waals surface area (Å²) in [7, 11) is 3.43. The first-order chi connectivity index (χ1) is 13.0. The molecule has 7 nitrogen and oxygen atoms in total. The Morgan fingerprint density at radius 2 is 1.86 bits per heavy atom. The van der Waals surface area contributed by atoms with Crippen LogP contribution in [0.25, 0.3) is 11.0 Å². The maximum absolute atomic E-state index is 13.4. The van der Waals surface area contributed by atoms with E-state index in [-0.39, 0.29) is 34.9 Å². The predicted octanol–water partition coefficient (Wildman–Crippen LogP) is 2.77. The van der Waals surface area contributed by atoms with Gasteiger partial charge in [0.2, 0.25) is 5.91 Å². The fourth-order valence-electron chi connectivity index (χ4n) is 3.21. The number of carbonyl (C=O) groups excluding carboxylic acids is 1. The van der Waals surface area contributed by atoms with Gasteiger partial charge in [0.1, 0.15) is 6.54 Å². The van der Waals surface area contributed by atoms with E-state index in [1.54, 1.807) is 18.8 Å². The normalized spacial score (nSPS) is 12.0. The number of amides is 1. The quantitative estimate of drug-likeness (QED) is 0.682. The number of alkyl halides is 3. The Hall–Kier alpha value is -2.91. The highest BCUT2D eigenvalue weighted by Crippen LogP contribution is 2.36. The van der Waals surface area contributed by atoms with Crippen LogP contribution in [-0.2, 0) is 31.1 Å². The highest BCUT2D eigenvalue weighted by Gasteiger charge is 2.35. The number of aryl methyl sites for hydroxylation is 4. The Bertz CT molecular complexity index is 1050. The van der Waals surface area contributed by atoms with E-state index in [9.17, 15) is 18.0 Å². The molecule has 0 radical (unpaired) electrons. The molecule has 3 heterocycles. The molecule has 1 amide bonds. The molecule has 0 aliphatic heterocycles. The molecule has 0 fully saturated rings. The molecule has 3 aromatic heterocycles. The fraction of sp³-hybridized carbons (Fsp3) is 0.444. The van der Waals surface area contributed by atoms with Crippen LogP contribution in [0.4, 0.5) is 13.2 Å². The minimum atomic E-state index is -4.52. The third kappa shape index (κ3) is 3.71. The van der Waals surface area contributed by atoms with Crippen molar-refractivity contribution in [1.29, 1.82) is 0 Å². The first kappa shape index (κ1) is 19.8. The van der Waals surface area contributed by atoms with E-state index in [1.807, 2.05) is 13.1 Å². The van der Waals surface area contributed by atoms with Crippen LogP contribution in [0.2, 0.25) is 0 Å². The molecule has 28 heavy (non-hydrogen) atoms. The zero-order chi connectivity index (χ0) is 20.8. The second-order valence-corrected chi connectivity index (χ2v) is 6.91. The van der Waals surface area contributed by atoms with Gasteiger partial charge in [-0.15, -0.1) is 0 Å².